The number of nitrogens with zero attached hydrogens (tertiary/aromatic N) is 6. The largest absolute Gasteiger partial charge is 0.151 e. The molecule has 0 aromatic rings. The average molecular weight is 260 g/mol. The lowest BCUT2D eigenvalue weighted by Gasteiger charge is -2.19. The first kappa shape index (κ1) is 15.6. The van der Waals surface area contributed by atoms with Crippen molar-refractivity contribution in [2.45, 2.75) is 24.2 Å². The van der Waals surface area contributed by atoms with Crippen LogP contribution >= 0.6 is 0 Å². The molecule has 2 unspecified atom stereocenters. The first-order chi connectivity index (χ1) is 8.69. The number of nitroso groups, excluding NO2 is 6. The van der Waals surface area contributed by atoms with Crippen molar-refractivity contribution in [1.82, 2.24) is 0 Å². The van der Waals surface area contributed by atoms with Crippen LogP contribution in [0.3, 0.4) is 0 Å². The van der Waals surface area contributed by atoms with Crippen LogP contribution in [0.2, 0.25) is 0 Å². The molecule has 0 aromatic carbocycles. The third-order valence-electron chi connectivity index (χ3n) is 2.18. The molecule has 0 saturated heterocycles. The Labute approximate surface area is 98.7 Å². The van der Waals surface area contributed by atoms with E-state index < -0.39 is 37.3 Å². The molecule has 0 amide bonds. The van der Waals surface area contributed by atoms with E-state index in [1.807, 2.05) is 0 Å². The maximum absolute atomic E-state index is 10.6. The van der Waals surface area contributed by atoms with Gasteiger partial charge in [-0.3, -0.25) is 0 Å². The zero-order chi connectivity index (χ0) is 14.0. The fraction of sp³-hybridized carbons (Fsp3) is 1.00. The van der Waals surface area contributed by atoms with Crippen molar-refractivity contribution in [3.8, 4) is 0 Å². The summed E-state index contributed by atoms with van der Waals surface area (Å²) in [6, 6.07) is -6.53. The van der Waals surface area contributed by atoms with Crippen LogP contribution in [0.15, 0.2) is 31.1 Å². The van der Waals surface area contributed by atoms with Gasteiger partial charge in [-0.2, -0.15) is 29.4 Å². The maximum atomic E-state index is 10.6. The minimum atomic E-state index is -1.71. The van der Waals surface area contributed by atoms with Gasteiger partial charge in [0.25, 0.3) is 0 Å². The lowest BCUT2D eigenvalue weighted by atomic mass is 9.96. The van der Waals surface area contributed by atoms with Gasteiger partial charge < -0.3 is 0 Å². The van der Waals surface area contributed by atoms with Crippen LogP contribution in [0.5, 0.6) is 0 Å². The van der Waals surface area contributed by atoms with Crippen LogP contribution < -0.4 is 0 Å². The van der Waals surface area contributed by atoms with Gasteiger partial charge in [0.2, 0.25) is 0 Å². The summed E-state index contributed by atoms with van der Waals surface area (Å²) in [7, 11) is 0. The van der Waals surface area contributed by atoms with Gasteiger partial charge in [-0.1, -0.05) is 31.1 Å². The Morgan fingerprint density at radius 1 is 0.556 bits per heavy atom. The van der Waals surface area contributed by atoms with Crippen molar-refractivity contribution in [3.63, 3.8) is 0 Å². The minimum absolute atomic E-state index is 0.716. The van der Waals surface area contributed by atoms with E-state index in [9.17, 15) is 29.4 Å². The molecule has 0 aromatic heterocycles. The molecule has 0 spiro atoms. The predicted octanol–water partition coefficient (Wildman–Crippen LogP) is 1.06. The minimum Gasteiger partial charge on any atom is -0.151 e. The highest BCUT2D eigenvalue weighted by atomic mass is 16.3. The second kappa shape index (κ2) is 8.72. The molecule has 0 saturated carbocycles. The van der Waals surface area contributed by atoms with Gasteiger partial charge in [0.15, 0.2) is 0 Å². The van der Waals surface area contributed by atoms with Crippen molar-refractivity contribution >= 4 is 0 Å². The molecular weight excluding hydrogens is 252 g/mol. The Bertz CT molecular complexity index is 305. The van der Waals surface area contributed by atoms with Crippen molar-refractivity contribution in [1.29, 1.82) is 0 Å². The Morgan fingerprint density at radius 3 is 1.06 bits per heavy atom. The molecule has 0 N–H and O–H groups in total. The highest BCUT2D eigenvalue weighted by molar-refractivity contribution is 4.99. The monoisotopic (exact) mass is 260 g/mol. The molecule has 12 heteroatoms. The molecule has 98 valence electrons. The number of rotatable bonds is 11. The van der Waals surface area contributed by atoms with Crippen LogP contribution in [0.4, 0.5) is 0 Å². The summed E-state index contributed by atoms with van der Waals surface area (Å²) in [5.41, 5.74) is 0. The summed E-state index contributed by atoms with van der Waals surface area (Å²) < 4.78 is 0. The van der Waals surface area contributed by atoms with Crippen LogP contribution in [-0.2, 0) is 0 Å². The third-order valence-corrected chi connectivity index (χ3v) is 2.18. The lowest BCUT2D eigenvalue weighted by Crippen LogP contribution is -2.42. The summed E-state index contributed by atoms with van der Waals surface area (Å²) in [4.78, 5) is 62.0. The molecule has 0 heterocycles. The van der Waals surface area contributed by atoms with Gasteiger partial charge in [-0.05, 0) is 0 Å². The third kappa shape index (κ3) is 3.88. The average Bonchev–Trinajstić information content (AvgIpc) is 2.40. The quantitative estimate of drug-likeness (QED) is 0.501. The van der Waals surface area contributed by atoms with Gasteiger partial charge in [0.1, 0.15) is 37.3 Å². The Morgan fingerprint density at radius 2 is 0.889 bits per heavy atom. The maximum Gasteiger partial charge on any atom is 0.148 e. The number of hydrogen-bond acceptors (Lipinski definition) is 12. The fourth-order valence-electron chi connectivity index (χ4n) is 1.28. The summed E-state index contributed by atoms with van der Waals surface area (Å²) >= 11 is 0. The first-order valence-corrected chi connectivity index (χ1v) is 4.58. The molecule has 0 bridgehead atoms. The first-order valence-electron chi connectivity index (χ1n) is 4.58. The predicted molar refractivity (Wildman–Crippen MR) is 59.7 cm³/mol. The second-order valence-corrected chi connectivity index (χ2v) is 3.16. The van der Waals surface area contributed by atoms with E-state index >= 15 is 0 Å². The van der Waals surface area contributed by atoms with E-state index in [1.165, 1.54) is 0 Å². The fourth-order valence-corrected chi connectivity index (χ4v) is 1.28. The van der Waals surface area contributed by atoms with E-state index in [0.717, 1.165) is 0 Å². The summed E-state index contributed by atoms with van der Waals surface area (Å²) in [6.07, 6.45) is 0. The molecule has 18 heavy (non-hydrogen) atoms. The summed E-state index contributed by atoms with van der Waals surface area (Å²) in [6.45, 7) is -1.43. The van der Waals surface area contributed by atoms with Crippen LogP contribution in [0.25, 0.3) is 0 Å². The summed E-state index contributed by atoms with van der Waals surface area (Å²) in [5, 5.41) is 14.3. The molecule has 4 atom stereocenters. The standard InChI is InChI=1S/C6H8N6O6/c13-7-1-3(9-15)5(11-17)6(12-18)4(10-16)2-8-14/h3-6H,1-2H2/t3-,4-,5?,6?/m1/s1. The van der Waals surface area contributed by atoms with E-state index in [4.69, 9.17) is 0 Å². The molecule has 0 aliphatic carbocycles. The molecule has 0 fully saturated rings. The van der Waals surface area contributed by atoms with Gasteiger partial charge in [-0.25, -0.2) is 0 Å². The number of hydrogen-bond donors (Lipinski definition) is 0. The van der Waals surface area contributed by atoms with Gasteiger partial charge in [0.05, 0.1) is 0 Å². The van der Waals surface area contributed by atoms with E-state index in [2.05, 4.69) is 31.1 Å². The Balaban J connectivity index is 5.15. The van der Waals surface area contributed by atoms with Crippen LogP contribution in [0.1, 0.15) is 0 Å². The molecular formula is C6H8N6O6. The zero-order valence-electron chi connectivity index (χ0n) is 8.86. The van der Waals surface area contributed by atoms with E-state index in [1.54, 1.807) is 0 Å². The zero-order valence-corrected chi connectivity index (χ0v) is 8.86. The highest BCUT2D eigenvalue weighted by Crippen LogP contribution is 2.18. The van der Waals surface area contributed by atoms with E-state index in [-0.39, 0.29) is 0 Å². The lowest BCUT2D eigenvalue weighted by molar-refractivity contribution is 0.396. The summed E-state index contributed by atoms with van der Waals surface area (Å²) in [5.74, 6) is 0. The van der Waals surface area contributed by atoms with Crippen molar-refractivity contribution in [3.05, 3.63) is 29.4 Å². The normalized spacial score (nSPS) is 16.7. The molecule has 0 radical (unpaired) electrons. The van der Waals surface area contributed by atoms with Gasteiger partial charge in [-0.15, -0.1) is 0 Å². The topological polar surface area (TPSA) is 177 Å². The molecule has 12 nitrogen and oxygen atoms in total. The van der Waals surface area contributed by atoms with E-state index in [0.29, 0.717) is 0 Å². The van der Waals surface area contributed by atoms with Gasteiger partial charge in [0, 0.05) is 0 Å². The van der Waals surface area contributed by atoms with Crippen LogP contribution in [-0.4, -0.2) is 37.3 Å². The van der Waals surface area contributed by atoms with Crippen molar-refractivity contribution in [2.24, 2.45) is 31.1 Å². The molecule has 0 aliphatic rings. The highest BCUT2D eigenvalue weighted by Gasteiger charge is 2.40. The Kier molecular flexibility index (Phi) is 7.56. The Hall–Kier alpha value is -2.40. The van der Waals surface area contributed by atoms with Crippen molar-refractivity contribution < 1.29 is 0 Å². The van der Waals surface area contributed by atoms with Crippen LogP contribution in [0, 0.1) is 29.4 Å². The van der Waals surface area contributed by atoms with Crippen molar-refractivity contribution in [2.75, 3.05) is 13.1 Å². The molecule has 0 rings (SSSR count). The second-order valence-electron chi connectivity index (χ2n) is 3.16. The molecule has 0 aliphatic heterocycles. The SMILES string of the molecule is O=NC[C@@H](N=O)C(N=O)C(N=O)[C@@H](CN=O)N=O. The smallest absolute Gasteiger partial charge is 0.148 e. The van der Waals surface area contributed by atoms with Gasteiger partial charge >= 0.3 is 0 Å².